The van der Waals surface area contributed by atoms with Crippen molar-refractivity contribution in [3.05, 3.63) is 165 Å². The van der Waals surface area contributed by atoms with Gasteiger partial charge >= 0.3 is 74.4 Å². The molecule has 15 nitrogen and oxygen atoms in total. The predicted octanol–water partition coefficient (Wildman–Crippen LogP) is 17.7. The average Bonchev–Trinajstić information content (AvgIpc) is 1.64. The van der Waals surface area contributed by atoms with E-state index in [-0.39, 0.29) is 76.0 Å². The van der Waals surface area contributed by atoms with Gasteiger partial charge in [-0.1, -0.05) is 139 Å². The summed E-state index contributed by atoms with van der Waals surface area (Å²) in [6.45, 7) is 43.4. The van der Waals surface area contributed by atoms with Crippen LogP contribution < -0.4 is 22.7 Å². The second kappa shape index (κ2) is 43.4. The molecule has 16 atom stereocenters. The first kappa shape index (κ1) is 98.1. The molecule has 2 aromatic rings. The molecule has 4 N–H and O–H groups in total. The van der Waals surface area contributed by atoms with Crippen LogP contribution in [-0.2, 0) is 43.0 Å². The first-order valence-electron chi connectivity index (χ1n) is 36.5. The molecule has 6 saturated carbocycles. The molecule has 0 saturated heterocycles. The fraction of sp³-hybridized carbons (Fsp3) is 0.558. The summed E-state index contributed by atoms with van der Waals surface area (Å²) < 4.78 is 28.1. The predicted molar refractivity (Wildman–Crippen MR) is 472 cm³/mol. The van der Waals surface area contributed by atoms with E-state index in [1.165, 1.54) is 34.4 Å². The number of ether oxygens (including phenoxy) is 5. The third kappa shape index (κ3) is 22.9. The van der Waals surface area contributed by atoms with Crippen molar-refractivity contribution in [1.82, 2.24) is 0 Å². The topological polar surface area (TPSA) is 229 Å². The number of carboxylic acids is 1. The monoisotopic (exact) mass is 2150 g/mol. The maximum absolute atomic E-state index is 13.6. The molecule has 596 valence electrons. The van der Waals surface area contributed by atoms with Gasteiger partial charge in [-0.3, -0.25) is 9.59 Å². The van der Waals surface area contributed by atoms with Crippen LogP contribution in [0.2, 0.25) is 0 Å². The molecule has 2 unspecified atom stereocenters. The van der Waals surface area contributed by atoms with Gasteiger partial charge in [0.05, 0.1) is 26.4 Å². The van der Waals surface area contributed by atoms with E-state index in [1.807, 2.05) is 58.1 Å². The van der Waals surface area contributed by atoms with Crippen LogP contribution in [0, 0.1) is 110 Å². The molecular weight excluding hydrogens is 2030 g/mol. The number of aliphatic hydroxyl groups is 3. The zero-order valence-electron chi connectivity index (χ0n) is 66.5. The van der Waals surface area contributed by atoms with Gasteiger partial charge in [0.2, 0.25) is 0 Å². The van der Waals surface area contributed by atoms with Crippen molar-refractivity contribution in [2.45, 2.75) is 213 Å². The van der Waals surface area contributed by atoms with Gasteiger partial charge in [0, 0.05) is 95.7 Å². The zero-order valence-corrected chi connectivity index (χ0v) is 79.6. The van der Waals surface area contributed by atoms with E-state index in [0.717, 1.165) is 83.4 Å². The van der Waals surface area contributed by atoms with Gasteiger partial charge < -0.3 is 44.1 Å². The molecule has 0 aromatic heterocycles. The third-order valence-corrected chi connectivity index (χ3v) is 25.2. The van der Waals surface area contributed by atoms with Crippen molar-refractivity contribution in [3.63, 3.8) is 0 Å². The number of aliphatic hydroxyl groups excluding tert-OH is 3. The first-order chi connectivity index (χ1) is 49.7. The number of esters is 3. The van der Waals surface area contributed by atoms with Crippen LogP contribution in [0.1, 0.15) is 192 Å². The minimum atomic E-state index is -0.932. The van der Waals surface area contributed by atoms with Gasteiger partial charge in [-0.2, -0.15) is 0 Å². The Kier molecular flexibility index (Phi) is 39.8. The van der Waals surface area contributed by atoms with Crippen LogP contribution in [0.25, 0.3) is 12.2 Å². The molecule has 0 amide bonds. The number of Topliss-reactive ketones (excluding diaryl/α,β-unsaturated/α-hetero) is 2. The number of rotatable bonds is 19. The Morgan fingerprint density at radius 3 is 1.30 bits per heavy atom. The van der Waals surface area contributed by atoms with Gasteiger partial charge in [0.1, 0.15) is 41.9 Å². The quantitative estimate of drug-likeness (QED) is 0.0256. The summed E-state index contributed by atoms with van der Waals surface area (Å²) >= 11 is 9.54. The molecule has 6 aliphatic carbocycles. The Morgan fingerprint density at radius 2 is 0.953 bits per heavy atom. The molecule has 107 heavy (non-hydrogen) atoms. The van der Waals surface area contributed by atoms with Crippen LogP contribution in [0.3, 0.4) is 0 Å². The summed E-state index contributed by atoms with van der Waals surface area (Å²) in [5, 5.41) is 41.1. The van der Waals surface area contributed by atoms with Gasteiger partial charge in [-0.15, -0.1) is 37.1 Å². The summed E-state index contributed by atoms with van der Waals surface area (Å²) in [5.41, 5.74) is 9.70. The number of halogens is 6. The van der Waals surface area contributed by atoms with Crippen molar-refractivity contribution in [2.75, 3.05) is 27.4 Å². The Morgan fingerprint density at radius 1 is 0.589 bits per heavy atom. The molecule has 0 aliphatic heterocycles. The Balaban J connectivity index is 0.000000439. The van der Waals surface area contributed by atoms with Gasteiger partial charge in [0.25, 0.3) is 0 Å². The summed E-state index contributed by atoms with van der Waals surface area (Å²) in [7, 11) is 3.38. The number of carbonyl (C=O) groups is 6. The van der Waals surface area contributed by atoms with E-state index in [1.54, 1.807) is 52.4 Å². The van der Waals surface area contributed by atoms with Crippen molar-refractivity contribution in [2.24, 2.45) is 68.0 Å². The normalized spacial score (nSPS) is 31.2. The van der Waals surface area contributed by atoms with E-state index >= 15 is 0 Å². The van der Waals surface area contributed by atoms with Crippen molar-refractivity contribution in [1.29, 1.82) is 0 Å². The van der Waals surface area contributed by atoms with Crippen molar-refractivity contribution < 1.29 is 86.1 Å². The molecule has 6 fully saturated rings. The average molecular weight is 2150 g/mol. The molecule has 0 heterocycles. The van der Waals surface area contributed by atoms with Crippen LogP contribution in [0.5, 0.6) is 11.5 Å². The van der Waals surface area contributed by atoms with Gasteiger partial charge in [0.15, 0.2) is 6.61 Å². The third-order valence-electron chi connectivity index (χ3n) is 25.2. The molecular formula is C86H119I6O15-. The Bertz CT molecular complexity index is 3770. The second-order valence-corrected chi connectivity index (χ2v) is 47.7. The summed E-state index contributed by atoms with van der Waals surface area (Å²) in [5.74, 6) is -0.856. The maximum atomic E-state index is 13.6. The molecule has 2 aromatic carbocycles. The van der Waals surface area contributed by atoms with Gasteiger partial charge in [-0.25, -0.2) is 19.2 Å². The van der Waals surface area contributed by atoms with Crippen molar-refractivity contribution >= 4 is 146 Å². The summed E-state index contributed by atoms with van der Waals surface area (Å²) in [6, 6.07) is 4.11. The second-order valence-electron chi connectivity index (χ2n) is 31.4. The van der Waals surface area contributed by atoms with E-state index in [4.69, 9.17) is 28.8 Å². The number of aryl methyl sites for hydroxylation is 2. The van der Waals surface area contributed by atoms with E-state index < -0.39 is 83.2 Å². The molecule has 21 heteroatoms. The number of benzene rings is 2. The SMILES string of the molecule is C=C[C@]1(C)C[C@@H](OC(=O)CO)[C@]2(C)CC[C@@H](C)[C@@]3(CCC(=O)[C@@H]23)[C@@H](C)[C@@H]1O.C=C[C@]1(C)C[C@@H](OC(=O)COC(=O)/C=C(C)/C=C/C=C(C)/C=C/c2c(C)cc(OC)c(C)c2C)C2(C)CC[C@@H](C)C3(CCC(=O)[C@@H]23)[C@@H](C)[C@@H]1O.COc1cc(C)c(/C=C/C(C)=C/C=C/C(C)=C/C(=O)O)c(C)c1C.I.II.I[I-]I. The van der Waals surface area contributed by atoms with E-state index in [9.17, 15) is 44.1 Å². The van der Waals surface area contributed by atoms with Gasteiger partial charge in [-0.05, 0) is 223 Å². The fourth-order valence-corrected chi connectivity index (χ4v) is 18.7. The number of ketones is 2. The molecule has 0 radical (unpaired) electrons. The summed E-state index contributed by atoms with van der Waals surface area (Å²) in [4.78, 5) is 75.2. The number of hydrogen-bond acceptors (Lipinski definition) is 14. The number of carbonyl (C=O) groups excluding carboxylic acids is 5. The zero-order chi connectivity index (χ0) is 80.4. The fourth-order valence-electron chi connectivity index (χ4n) is 18.7. The van der Waals surface area contributed by atoms with Crippen molar-refractivity contribution in [3.8, 4) is 11.5 Å². The Hall–Kier alpha value is -3.08. The number of hydrogen-bond donors (Lipinski definition) is 4. The standard InChI is InChI=1S/C43H58O7.C22H34O5.C21H26O3.I3.I2.HI/c1-12-41(9)24-36(42(10)20-18-29(5)43(32(8)40(41)47)21-19-34(44)39(42)43)50-38(46)25-49-37(45)22-27(3)15-13-14-26(2)16-17-33-28(4)23-35(48-11)31(7)30(33)6;1-6-20(4)11-16(27-17(25)12-23)21(5)9-7-13(2)22(14(3)19(20)26)10-8-15(24)18(21)22;1-14(8-7-9-15(2)12-21(22)23)10-11-19-16(3)13-20(24-6)18(5)17(19)4;1-3-2;1-2;/h12-17,22-23,29,32,36,39-40,47H,1,18-21,24-25H2,2-11H3;6,13-14,16,18-19,23,26H,1,7-12H2,2-5H3;7-13H,1-6H3,(H,22,23);;;1H/q;;;-1;;/b15-13+,17-16+,26-14+,27-22+;;9-7+,11-10+,14-8+,15-12+;;;/t29-,32+,36-,39+,40+,41-,42?,43?;13-,14+,16-,18+,19+,20-,21+,22+;;;;/m11..../s1. The van der Waals surface area contributed by atoms with Crippen LogP contribution in [0.4, 0.5) is 0 Å². The number of aliphatic carboxylic acids is 1. The first-order valence-corrected chi connectivity index (χ1v) is 55.4. The summed E-state index contributed by atoms with van der Waals surface area (Å²) in [6.07, 6.45) is 29.6. The number of carboxylic acid groups (broad SMARTS) is 1. The van der Waals surface area contributed by atoms with E-state index in [0.29, 0.717) is 56.0 Å². The number of methoxy groups -OCH3 is 2. The number of allylic oxidation sites excluding steroid dienone is 12. The molecule has 0 spiro atoms. The molecule has 8 rings (SSSR count). The minimum absolute atomic E-state index is 0. The van der Waals surface area contributed by atoms with Crippen LogP contribution >= 0.6 is 98.4 Å². The molecule has 4 bridgehead atoms. The molecule has 6 aliphatic rings. The van der Waals surface area contributed by atoms with E-state index in [2.05, 4.69) is 201 Å². The van der Waals surface area contributed by atoms with Crippen LogP contribution in [0.15, 0.2) is 120 Å². The Labute approximate surface area is 709 Å². The van der Waals surface area contributed by atoms with Crippen LogP contribution in [-0.4, -0.2) is 108 Å².